The predicted octanol–water partition coefficient (Wildman–Crippen LogP) is 4.55. The average Bonchev–Trinajstić information content (AvgIpc) is 2.20. The molecule has 0 saturated heterocycles. The Bertz CT molecular complexity index is 207. The average molecular weight is 258 g/mol. The molecule has 0 aromatic heterocycles. The van der Waals surface area contributed by atoms with E-state index in [0.29, 0.717) is 5.04 Å². The number of carbonyl (C=O) groups is 1. The van der Waals surface area contributed by atoms with E-state index >= 15 is 0 Å². The quantitative estimate of drug-likeness (QED) is 0.344. The van der Waals surface area contributed by atoms with Crippen LogP contribution in [0.4, 0.5) is 0 Å². The van der Waals surface area contributed by atoms with Crippen molar-refractivity contribution >= 4 is 14.6 Å². The number of aldehydes is 1. The molecular weight excluding hydrogens is 228 g/mol. The summed E-state index contributed by atoms with van der Waals surface area (Å²) < 4.78 is 6.10. The van der Waals surface area contributed by atoms with Gasteiger partial charge in [0.2, 0.25) is 0 Å². The second kappa shape index (κ2) is 8.04. The lowest BCUT2D eigenvalue weighted by Crippen LogP contribution is -2.40. The Labute approximate surface area is 108 Å². The lowest BCUT2D eigenvalue weighted by Gasteiger charge is -2.36. The molecule has 0 aliphatic heterocycles. The first kappa shape index (κ1) is 16.8. The summed E-state index contributed by atoms with van der Waals surface area (Å²) in [5, 5.41) is 0.316. The molecule has 0 heterocycles. The van der Waals surface area contributed by atoms with Crippen LogP contribution < -0.4 is 0 Å². The molecule has 0 aromatic carbocycles. The Hall–Kier alpha value is -0.153. The molecule has 17 heavy (non-hydrogen) atoms. The van der Waals surface area contributed by atoms with E-state index in [-0.39, 0.29) is 0 Å². The van der Waals surface area contributed by atoms with E-state index in [2.05, 4.69) is 33.9 Å². The fourth-order valence-corrected chi connectivity index (χ4v) is 2.49. The van der Waals surface area contributed by atoms with E-state index in [4.69, 9.17) is 4.43 Å². The van der Waals surface area contributed by atoms with E-state index in [1.54, 1.807) is 0 Å². The summed E-state index contributed by atoms with van der Waals surface area (Å²) in [6.45, 7) is 12.3. The molecule has 0 radical (unpaired) electrons. The third kappa shape index (κ3) is 7.71. The number of hydrogen-bond acceptors (Lipinski definition) is 2. The number of hydrogen-bond donors (Lipinski definition) is 0. The van der Waals surface area contributed by atoms with Gasteiger partial charge >= 0.3 is 0 Å². The summed E-state index contributed by atoms with van der Waals surface area (Å²) >= 11 is 0. The number of carbonyl (C=O) groups excluding carboxylic acids is 1. The van der Waals surface area contributed by atoms with Crippen LogP contribution in [0.2, 0.25) is 18.1 Å². The van der Waals surface area contributed by atoms with Crippen molar-refractivity contribution in [2.45, 2.75) is 77.4 Å². The molecule has 0 bridgehead atoms. The molecule has 0 N–H and O–H groups in total. The molecule has 0 aromatic rings. The maximum atomic E-state index is 10.1. The molecule has 0 saturated carbocycles. The van der Waals surface area contributed by atoms with Crippen LogP contribution in [0.1, 0.15) is 59.3 Å². The van der Waals surface area contributed by atoms with Gasteiger partial charge < -0.3 is 9.22 Å². The fourth-order valence-electron chi connectivity index (χ4n) is 1.40. The maximum absolute atomic E-state index is 10.1. The third-order valence-electron chi connectivity index (χ3n) is 3.74. The summed E-state index contributed by atoms with van der Waals surface area (Å²) in [5.74, 6) is 0. The normalized spacial score (nSPS) is 12.8. The van der Waals surface area contributed by atoms with Crippen molar-refractivity contribution in [3.63, 3.8) is 0 Å². The molecule has 0 rings (SSSR count). The predicted molar refractivity (Wildman–Crippen MR) is 76.9 cm³/mol. The van der Waals surface area contributed by atoms with Crippen molar-refractivity contribution in [1.82, 2.24) is 0 Å². The highest BCUT2D eigenvalue weighted by molar-refractivity contribution is 6.74. The van der Waals surface area contributed by atoms with E-state index in [1.165, 1.54) is 19.3 Å². The van der Waals surface area contributed by atoms with Crippen molar-refractivity contribution in [1.29, 1.82) is 0 Å². The molecule has 2 nitrogen and oxygen atoms in total. The van der Waals surface area contributed by atoms with Crippen LogP contribution in [0, 0.1) is 0 Å². The van der Waals surface area contributed by atoms with Crippen molar-refractivity contribution in [3.05, 3.63) is 0 Å². The molecule has 0 aliphatic carbocycles. The van der Waals surface area contributed by atoms with Crippen LogP contribution in [0.15, 0.2) is 0 Å². The first-order valence-corrected chi connectivity index (χ1v) is 9.79. The van der Waals surface area contributed by atoms with Crippen LogP contribution in [-0.4, -0.2) is 21.2 Å². The highest BCUT2D eigenvalue weighted by Crippen LogP contribution is 2.36. The summed E-state index contributed by atoms with van der Waals surface area (Å²) in [4.78, 5) is 10.1. The second-order valence-corrected chi connectivity index (χ2v) is 11.1. The molecular formula is C14H30O2Si. The van der Waals surface area contributed by atoms with Gasteiger partial charge in [-0.25, -0.2) is 0 Å². The van der Waals surface area contributed by atoms with Gasteiger partial charge in [0.25, 0.3) is 0 Å². The highest BCUT2D eigenvalue weighted by atomic mass is 28.4. The molecule has 102 valence electrons. The lowest BCUT2D eigenvalue weighted by atomic mass is 10.1. The smallest absolute Gasteiger partial charge is 0.191 e. The monoisotopic (exact) mass is 258 g/mol. The zero-order chi connectivity index (χ0) is 13.4. The SMILES string of the molecule is CC(C)(C)[Si](C)(C)OCCCCCCCC=O. The van der Waals surface area contributed by atoms with Crippen LogP contribution in [-0.2, 0) is 9.22 Å². The Morgan fingerprint density at radius 1 is 1.00 bits per heavy atom. The molecule has 0 fully saturated rings. The summed E-state index contributed by atoms with van der Waals surface area (Å²) in [5.41, 5.74) is 0. The van der Waals surface area contributed by atoms with Gasteiger partial charge in [-0.15, -0.1) is 0 Å². The van der Waals surface area contributed by atoms with Crippen molar-refractivity contribution < 1.29 is 9.22 Å². The van der Waals surface area contributed by atoms with Gasteiger partial charge in [0.1, 0.15) is 6.29 Å². The molecule has 0 aliphatic rings. The standard InChI is InChI=1S/C14H30O2Si/c1-14(2,3)17(4,5)16-13-11-9-7-6-8-10-12-15/h12H,6-11,13H2,1-5H3. The van der Waals surface area contributed by atoms with Gasteiger partial charge in [-0.2, -0.15) is 0 Å². The summed E-state index contributed by atoms with van der Waals surface area (Å²) in [6, 6.07) is 0. The Morgan fingerprint density at radius 2 is 1.53 bits per heavy atom. The minimum absolute atomic E-state index is 0.316. The minimum atomic E-state index is -1.53. The molecule has 0 amide bonds. The van der Waals surface area contributed by atoms with Gasteiger partial charge in [-0.1, -0.05) is 40.0 Å². The Morgan fingerprint density at radius 3 is 2.06 bits per heavy atom. The van der Waals surface area contributed by atoms with Crippen LogP contribution in [0.3, 0.4) is 0 Å². The third-order valence-corrected chi connectivity index (χ3v) is 8.27. The lowest BCUT2D eigenvalue weighted by molar-refractivity contribution is -0.107. The van der Waals surface area contributed by atoms with Crippen molar-refractivity contribution in [2.24, 2.45) is 0 Å². The number of unbranched alkanes of at least 4 members (excludes halogenated alkanes) is 5. The van der Waals surface area contributed by atoms with Gasteiger partial charge in [0.05, 0.1) is 0 Å². The van der Waals surface area contributed by atoms with E-state index < -0.39 is 8.32 Å². The van der Waals surface area contributed by atoms with E-state index in [1.807, 2.05) is 0 Å². The van der Waals surface area contributed by atoms with Crippen molar-refractivity contribution in [3.8, 4) is 0 Å². The van der Waals surface area contributed by atoms with Crippen molar-refractivity contribution in [2.75, 3.05) is 6.61 Å². The molecule has 3 heteroatoms. The zero-order valence-corrected chi connectivity index (χ0v) is 13.3. The van der Waals surface area contributed by atoms with E-state index in [9.17, 15) is 4.79 Å². The van der Waals surface area contributed by atoms with Gasteiger partial charge in [-0.05, 0) is 31.0 Å². The summed E-state index contributed by atoms with van der Waals surface area (Å²) in [6.07, 6.45) is 7.59. The first-order valence-electron chi connectivity index (χ1n) is 6.89. The Kier molecular flexibility index (Phi) is 7.97. The first-order chi connectivity index (χ1) is 7.81. The van der Waals surface area contributed by atoms with Gasteiger partial charge in [-0.3, -0.25) is 0 Å². The second-order valence-electron chi connectivity index (χ2n) is 6.33. The van der Waals surface area contributed by atoms with Crippen LogP contribution >= 0.6 is 0 Å². The van der Waals surface area contributed by atoms with Crippen LogP contribution in [0.25, 0.3) is 0 Å². The fraction of sp³-hybridized carbons (Fsp3) is 0.929. The summed E-state index contributed by atoms with van der Waals surface area (Å²) in [7, 11) is -1.53. The Balaban J connectivity index is 3.48. The van der Waals surface area contributed by atoms with Gasteiger partial charge in [0, 0.05) is 13.0 Å². The maximum Gasteiger partial charge on any atom is 0.191 e. The molecule has 0 unspecified atom stereocenters. The number of rotatable bonds is 9. The minimum Gasteiger partial charge on any atom is -0.417 e. The molecule has 0 spiro atoms. The van der Waals surface area contributed by atoms with E-state index in [0.717, 1.165) is 32.2 Å². The topological polar surface area (TPSA) is 26.3 Å². The zero-order valence-electron chi connectivity index (χ0n) is 12.3. The molecule has 0 atom stereocenters. The largest absolute Gasteiger partial charge is 0.417 e. The van der Waals surface area contributed by atoms with Crippen LogP contribution in [0.5, 0.6) is 0 Å². The highest BCUT2D eigenvalue weighted by Gasteiger charge is 2.36. The van der Waals surface area contributed by atoms with Gasteiger partial charge in [0.15, 0.2) is 8.32 Å².